The van der Waals surface area contributed by atoms with Crippen molar-refractivity contribution in [3.63, 3.8) is 0 Å². The zero-order chi connectivity index (χ0) is 9.52. The molecule has 1 rings (SSSR count). The summed E-state index contributed by atoms with van der Waals surface area (Å²) in [7, 11) is 0. The first kappa shape index (κ1) is 10.5. The summed E-state index contributed by atoms with van der Waals surface area (Å²) in [5.74, 6) is -0.103. The van der Waals surface area contributed by atoms with Crippen molar-refractivity contribution in [3.05, 3.63) is 0 Å². The highest BCUT2D eigenvalue weighted by Gasteiger charge is 2.11. The summed E-state index contributed by atoms with van der Waals surface area (Å²) in [6.45, 7) is 5.59. The molecular weight excluding hydrogens is 170 g/mol. The molecule has 0 atom stereocenters. The number of rotatable bonds is 4. The first-order valence-electron chi connectivity index (χ1n) is 4.78. The number of ether oxygens (including phenoxy) is 2. The van der Waals surface area contributed by atoms with Gasteiger partial charge >= 0.3 is 5.97 Å². The summed E-state index contributed by atoms with van der Waals surface area (Å²) < 4.78 is 10.2. The quantitative estimate of drug-likeness (QED) is 0.605. The second-order valence-corrected chi connectivity index (χ2v) is 3.13. The van der Waals surface area contributed by atoms with E-state index in [2.05, 4.69) is 4.90 Å². The van der Waals surface area contributed by atoms with E-state index in [0.717, 1.165) is 32.7 Å². The molecule has 4 heteroatoms. The molecule has 76 valence electrons. The number of carbonyl (C=O) groups is 1. The van der Waals surface area contributed by atoms with Crippen LogP contribution in [0.2, 0.25) is 0 Å². The molecule has 0 aliphatic carbocycles. The van der Waals surface area contributed by atoms with Crippen LogP contribution in [0.5, 0.6) is 0 Å². The molecule has 0 unspecified atom stereocenters. The summed E-state index contributed by atoms with van der Waals surface area (Å²) in [5, 5.41) is 0. The Morgan fingerprint density at radius 2 is 2.15 bits per heavy atom. The third-order valence-corrected chi connectivity index (χ3v) is 1.97. The molecule has 0 amide bonds. The van der Waals surface area contributed by atoms with Crippen molar-refractivity contribution in [1.29, 1.82) is 0 Å². The maximum absolute atomic E-state index is 11.0. The van der Waals surface area contributed by atoms with Gasteiger partial charge in [0.05, 0.1) is 13.2 Å². The Kier molecular flexibility index (Phi) is 4.78. The third-order valence-electron chi connectivity index (χ3n) is 1.97. The number of hydrogen-bond donors (Lipinski definition) is 0. The molecule has 0 aromatic carbocycles. The van der Waals surface area contributed by atoms with Gasteiger partial charge in [-0.1, -0.05) is 6.92 Å². The number of carbonyl (C=O) groups excluding carboxylic acids is 1. The molecule has 0 N–H and O–H groups in total. The van der Waals surface area contributed by atoms with Crippen LogP contribution in [0.15, 0.2) is 0 Å². The summed E-state index contributed by atoms with van der Waals surface area (Å²) in [6, 6.07) is 0. The molecule has 1 aliphatic rings. The Bertz CT molecular complexity index is 155. The van der Waals surface area contributed by atoms with Crippen molar-refractivity contribution >= 4 is 5.97 Å². The highest BCUT2D eigenvalue weighted by molar-refractivity contribution is 5.69. The van der Waals surface area contributed by atoms with Crippen LogP contribution < -0.4 is 0 Å². The summed E-state index contributed by atoms with van der Waals surface area (Å²) >= 11 is 0. The fourth-order valence-electron chi connectivity index (χ4n) is 1.17. The van der Waals surface area contributed by atoms with Crippen molar-refractivity contribution in [2.75, 3.05) is 33.0 Å². The lowest BCUT2D eigenvalue weighted by Gasteiger charge is -2.25. The van der Waals surface area contributed by atoms with E-state index >= 15 is 0 Å². The summed E-state index contributed by atoms with van der Waals surface area (Å²) in [6.07, 6.45) is 1.37. The van der Waals surface area contributed by atoms with Crippen molar-refractivity contribution in [2.45, 2.75) is 19.8 Å². The molecule has 4 nitrogen and oxygen atoms in total. The lowest BCUT2D eigenvalue weighted by Crippen LogP contribution is -2.38. The van der Waals surface area contributed by atoms with E-state index in [-0.39, 0.29) is 5.97 Å². The van der Waals surface area contributed by atoms with E-state index in [4.69, 9.17) is 9.47 Å². The van der Waals surface area contributed by atoms with E-state index in [1.165, 1.54) is 0 Å². The van der Waals surface area contributed by atoms with Crippen LogP contribution in [0.25, 0.3) is 0 Å². The van der Waals surface area contributed by atoms with Crippen molar-refractivity contribution in [2.24, 2.45) is 0 Å². The number of nitrogens with zero attached hydrogens (tertiary/aromatic N) is 1. The van der Waals surface area contributed by atoms with Crippen LogP contribution in [0.4, 0.5) is 0 Å². The van der Waals surface area contributed by atoms with Gasteiger partial charge in [-0.2, -0.15) is 0 Å². The third kappa shape index (κ3) is 4.24. The minimum atomic E-state index is -0.103. The predicted molar refractivity (Wildman–Crippen MR) is 48.3 cm³/mol. The normalized spacial score (nSPS) is 18.5. The Labute approximate surface area is 78.8 Å². The van der Waals surface area contributed by atoms with Gasteiger partial charge in [-0.25, -0.2) is 0 Å². The SMILES string of the molecule is CCCC(=O)OCN1CCOCC1. The van der Waals surface area contributed by atoms with Crippen LogP contribution >= 0.6 is 0 Å². The van der Waals surface area contributed by atoms with E-state index in [0.29, 0.717) is 13.2 Å². The zero-order valence-electron chi connectivity index (χ0n) is 8.12. The molecule has 1 aliphatic heterocycles. The highest BCUT2D eigenvalue weighted by atomic mass is 16.5. The Morgan fingerprint density at radius 3 is 2.77 bits per heavy atom. The Morgan fingerprint density at radius 1 is 1.46 bits per heavy atom. The standard InChI is InChI=1S/C9H17NO3/c1-2-3-9(11)13-8-10-4-6-12-7-5-10/h2-8H2,1H3. The minimum absolute atomic E-state index is 0.103. The number of morpholine rings is 1. The minimum Gasteiger partial charge on any atom is -0.449 e. The molecule has 0 spiro atoms. The zero-order valence-corrected chi connectivity index (χ0v) is 8.12. The predicted octanol–water partition coefficient (Wildman–Crippen LogP) is 0.619. The molecule has 0 radical (unpaired) electrons. The monoisotopic (exact) mass is 187 g/mol. The fourth-order valence-corrected chi connectivity index (χ4v) is 1.17. The molecule has 0 saturated carbocycles. The lowest BCUT2D eigenvalue weighted by molar-refractivity contribution is -0.150. The molecule has 1 fully saturated rings. The lowest BCUT2D eigenvalue weighted by atomic mass is 10.3. The number of esters is 1. The summed E-state index contributed by atoms with van der Waals surface area (Å²) in [5.41, 5.74) is 0. The second-order valence-electron chi connectivity index (χ2n) is 3.13. The van der Waals surface area contributed by atoms with E-state index in [1.807, 2.05) is 6.92 Å². The van der Waals surface area contributed by atoms with E-state index < -0.39 is 0 Å². The maximum Gasteiger partial charge on any atom is 0.307 e. The van der Waals surface area contributed by atoms with Gasteiger partial charge in [0.25, 0.3) is 0 Å². The Balaban J connectivity index is 2.06. The molecule has 1 heterocycles. The van der Waals surface area contributed by atoms with Gasteiger partial charge in [0.2, 0.25) is 0 Å². The second kappa shape index (κ2) is 5.94. The molecule has 13 heavy (non-hydrogen) atoms. The average Bonchev–Trinajstić information content (AvgIpc) is 2.17. The fraction of sp³-hybridized carbons (Fsp3) is 0.889. The van der Waals surface area contributed by atoms with Crippen LogP contribution in [0.1, 0.15) is 19.8 Å². The van der Waals surface area contributed by atoms with Crippen LogP contribution in [-0.4, -0.2) is 43.9 Å². The van der Waals surface area contributed by atoms with Crippen molar-refractivity contribution in [1.82, 2.24) is 4.90 Å². The first-order chi connectivity index (χ1) is 6.33. The van der Waals surface area contributed by atoms with Crippen LogP contribution in [-0.2, 0) is 14.3 Å². The van der Waals surface area contributed by atoms with Gasteiger partial charge in [-0.3, -0.25) is 9.69 Å². The number of hydrogen-bond acceptors (Lipinski definition) is 4. The van der Waals surface area contributed by atoms with Crippen LogP contribution in [0, 0.1) is 0 Å². The van der Waals surface area contributed by atoms with Gasteiger partial charge in [0, 0.05) is 19.5 Å². The Hall–Kier alpha value is -0.610. The maximum atomic E-state index is 11.0. The molecule has 0 aromatic heterocycles. The van der Waals surface area contributed by atoms with Gasteiger partial charge < -0.3 is 9.47 Å². The molecule has 0 bridgehead atoms. The van der Waals surface area contributed by atoms with Crippen molar-refractivity contribution in [3.8, 4) is 0 Å². The smallest absolute Gasteiger partial charge is 0.307 e. The van der Waals surface area contributed by atoms with Gasteiger partial charge in [-0.15, -0.1) is 0 Å². The molecule has 0 aromatic rings. The average molecular weight is 187 g/mol. The van der Waals surface area contributed by atoms with Crippen LogP contribution in [0.3, 0.4) is 0 Å². The first-order valence-corrected chi connectivity index (χ1v) is 4.78. The summed E-state index contributed by atoms with van der Waals surface area (Å²) in [4.78, 5) is 13.1. The van der Waals surface area contributed by atoms with Gasteiger partial charge in [0.15, 0.2) is 0 Å². The topological polar surface area (TPSA) is 38.8 Å². The van der Waals surface area contributed by atoms with Gasteiger partial charge in [0.1, 0.15) is 6.73 Å². The van der Waals surface area contributed by atoms with E-state index in [1.54, 1.807) is 0 Å². The largest absolute Gasteiger partial charge is 0.449 e. The van der Waals surface area contributed by atoms with Crippen molar-refractivity contribution < 1.29 is 14.3 Å². The van der Waals surface area contributed by atoms with E-state index in [9.17, 15) is 4.79 Å². The van der Waals surface area contributed by atoms with Gasteiger partial charge in [-0.05, 0) is 6.42 Å². The molecular formula is C9H17NO3. The molecule has 1 saturated heterocycles. The highest BCUT2D eigenvalue weighted by Crippen LogP contribution is 1.98.